The minimum Gasteiger partial charge on any atom is -0.468 e. The molecule has 0 amide bonds. The first kappa shape index (κ1) is 16.6. The highest BCUT2D eigenvalue weighted by atomic mass is 32.2. The van der Waals surface area contributed by atoms with Gasteiger partial charge in [-0.25, -0.2) is 0 Å². The number of ether oxygens (including phenoxy) is 1. The zero-order valence-electron chi connectivity index (χ0n) is 11.3. The lowest BCUT2D eigenvalue weighted by atomic mass is 9.80. The van der Waals surface area contributed by atoms with E-state index in [9.17, 15) is 34.8 Å². The Kier molecular flexibility index (Phi) is 4.11. The molecule has 22 heavy (non-hydrogen) atoms. The van der Waals surface area contributed by atoms with E-state index in [0.717, 1.165) is 17.8 Å². The van der Waals surface area contributed by atoms with Gasteiger partial charge < -0.3 is 25.2 Å². The number of esters is 1. The molecule has 0 spiro atoms. The number of ketones is 2. The minimum atomic E-state index is -3.68. The van der Waals surface area contributed by atoms with E-state index >= 15 is 0 Å². The van der Waals surface area contributed by atoms with Crippen molar-refractivity contribution in [1.29, 1.82) is 0 Å². The van der Waals surface area contributed by atoms with Crippen molar-refractivity contribution in [2.24, 2.45) is 0 Å². The topological polar surface area (TPSA) is 141 Å². The lowest BCUT2D eigenvalue weighted by Crippen LogP contribution is -2.66. The van der Waals surface area contributed by atoms with Gasteiger partial charge in [-0.1, -0.05) is 12.1 Å². The van der Waals surface area contributed by atoms with Crippen LogP contribution in [0.3, 0.4) is 0 Å². The van der Waals surface area contributed by atoms with Crippen LogP contribution in [0.25, 0.3) is 0 Å². The van der Waals surface area contributed by atoms with Crippen LogP contribution in [0.2, 0.25) is 0 Å². The number of benzene rings is 1. The standard InChI is InChI=1S/C13H12O8S/c1-21-8(14)5-22-7-4-2-3-6-9(7)11(16)13(19,20)12(17,18)10(6)15/h2-4,17-20H,5H2,1H3. The van der Waals surface area contributed by atoms with E-state index in [4.69, 9.17) is 0 Å². The second-order valence-electron chi connectivity index (χ2n) is 4.55. The molecule has 9 heteroatoms. The summed E-state index contributed by atoms with van der Waals surface area (Å²) in [5.74, 6) is -11.0. The van der Waals surface area contributed by atoms with Crippen molar-refractivity contribution < 1.29 is 39.5 Å². The first-order valence-corrected chi connectivity index (χ1v) is 6.95. The Morgan fingerprint density at radius 2 is 1.73 bits per heavy atom. The zero-order valence-corrected chi connectivity index (χ0v) is 12.1. The average Bonchev–Trinajstić information content (AvgIpc) is 2.49. The lowest BCUT2D eigenvalue weighted by molar-refractivity contribution is -0.299. The van der Waals surface area contributed by atoms with Gasteiger partial charge in [0.1, 0.15) is 0 Å². The number of thioether (sulfide) groups is 1. The van der Waals surface area contributed by atoms with Crippen molar-refractivity contribution in [2.75, 3.05) is 12.9 Å². The molecule has 1 aliphatic rings. The summed E-state index contributed by atoms with van der Waals surface area (Å²) in [6, 6.07) is 3.89. The van der Waals surface area contributed by atoms with Crippen molar-refractivity contribution in [3.8, 4) is 0 Å². The van der Waals surface area contributed by atoms with E-state index < -0.39 is 29.1 Å². The highest BCUT2D eigenvalue weighted by Crippen LogP contribution is 2.38. The maximum atomic E-state index is 12.1. The number of hydrogen-bond donors (Lipinski definition) is 4. The van der Waals surface area contributed by atoms with E-state index in [1.165, 1.54) is 19.2 Å². The van der Waals surface area contributed by atoms with Gasteiger partial charge in [-0.2, -0.15) is 0 Å². The summed E-state index contributed by atoms with van der Waals surface area (Å²) in [6.07, 6.45) is 0. The molecule has 0 heterocycles. The van der Waals surface area contributed by atoms with Gasteiger partial charge in [0.25, 0.3) is 11.6 Å². The molecule has 118 valence electrons. The fourth-order valence-electron chi connectivity index (χ4n) is 1.95. The summed E-state index contributed by atoms with van der Waals surface area (Å²) < 4.78 is 4.45. The average molecular weight is 328 g/mol. The van der Waals surface area contributed by atoms with Gasteiger partial charge in [-0.3, -0.25) is 14.4 Å². The minimum absolute atomic E-state index is 0.115. The van der Waals surface area contributed by atoms with Gasteiger partial charge >= 0.3 is 5.97 Å². The van der Waals surface area contributed by atoms with Crippen LogP contribution < -0.4 is 0 Å². The Labute approximate surface area is 128 Å². The Morgan fingerprint density at radius 1 is 1.14 bits per heavy atom. The van der Waals surface area contributed by atoms with Crippen LogP contribution in [0.1, 0.15) is 20.7 Å². The maximum absolute atomic E-state index is 12.1. The summed E-state index contributed by atoms with van der Waals surface area (Å²) in [6.45, 7) is 0. The maximum Gasteiger partial charge on any atom is 0.315 e. The van der Waals surface area contributed by atoms with Gasteiger partial charge in [0.15, 0.2) is 0 Å². The van der Waals surface area contributed by atoms with Gasteiger partial charge in [0.2, 0.25) is 11.6 Å². The van der Waals surface area contributed by atoms with Crippen LogP contribution in [-0.4, -0.2) is 62.4 Å². The highest BCUT2D eigenvalue weighted by Gasteiger charge is 2.63. The number of Topliss-reactive ketones (excluding diaryl/α,β-unsaturated/α-hetero) is 2. The third kappa shape index (κ3) is 2.32. The molecule has 2 rings (SSSR count). The normalized spacial score (nSPS) is 18.8. The Bertz CT molecular complexity index is 664. The second kappa shape index (κ2) is 5.45. The number of methoxy groups -OCH3 is 1. The summed E-state index contributed by atoms with van der Waals surface area (Å²) in [5.41, 5.74) is -0.756. The highest BCUT2D eigenvalue weighted by molar-refractivity contribution is 8.00. The molecule has 0 saturated carbocycles. The van der Waals surface area contributed by atoms with Gasteiger partial charge in [0, 0.05) is 16.0 Å². The smallest absolute Gasteiger partial charge is 0.315 e. The first-order chi connectivity index (χ1) is 10.1. The summed E-state index contributed by atoms with van der Waals surface area (Å²) in [7, 11) is 1.18. The van der Waals surface area contributed by atoms with E-state index in [-0.39, 0.29) is 21.8 Å². The lowest BCUT2D eigenvalue weighted by Gasteiger charge is -2.37. The molecular formula is C13H12O8S. The molecule has 0 fully saturated rings. The number of rotatable bonds is 3. The fraction of sp³-hybridized carbons (Fsp3) is 0.308. The van der Waals surface area contributed by atoms with Crippen LogP contribution in [0.15, 0.2) is 23.1 Å². The Balaban J connectivity index is 2.54. The fourth-order valence-corrected chi connectivity index (χ4v) is 2.86. The van der Waals surface area contributed by atoms with E-state index in [1.54, 1.807) is 0 Å². The Morgan fingerprint density at radius 3 is 2.32 bits per heavy atom. The molecule has 0 radical (unpaired) electrons. The second-order valence-corrected chi connectivity index (χ2v) is 5.56. The van der Waals surface area contributed by atoms with Crippen molar-refractivity contribution in [1.82, 2.24) is 0 Å². The van der Waals surface area contributed by atoms with E-state index in [0.29, 0.717) is 0 Å². The molecule has 1 aromatic carbocycles. The number of hydrogen-bond acceptors (Lipinski definition) is 9. The van der Waals surface area contributed by atoms with Crippen LogP contribution in [-0.2, 0) is 9.53 Å². The number of fused-ring (bicyclic) bond motifs is 1. The van der Waals surface area contributed by atoms with Crippen molar-refractivity contribution in [3.05, 3.63) is 29.3 Å². The van der Waals surface area contributed by atoms with E-state index in [1.807, 2.05) is 0 Å². The number of carbonyl (C=O) groups is 3. The van der Waals surface area contributed by atoms with Gasteiger partial charge in [-0.15, -0.1) is 11.8 Å². The summed E-state index contributed by atoms with van der Waals surface area (Å²) in [4.78, 5) is 35.4. The predicted molar refractivity (Wildman–Crippen MR) is 72.2 cm³/mol. The SMILES string of the molecule is COC(=O)CSc1cccc2c1C(=O)C(O)(O)C(O)(O)C2=O. The summed E-state index contributed by atoms with van der Waals surface area (Å²) in [5, 5.41) is 38.3. The van der Waals surface area contributed by atoms with Crippen molar-refractivity contribution in [2.45, 2.75) is 16.5 Å². The quantitative estimate of drug-likeness (QED) is 0.302. The summed E-state index contributed by atoms with van der Waals surface area (Å²) >= 11 is 0.841. The molecule has 0 saturated heterocycles. The van der Waals surface area contributed by atoms with Crippen molar-refractivity contribution >= 4 is 29.3 Å². The molecule has 0 bridgehead atoms. The number of carbonyl (C=O) groups excluding carboxylic acids is 3. The molecule has 4 N–H and O–H groups in total. The van der Waals surface area contributed by atoms with Gasteiger partial charge in [0.05, 0.1) is 12.9 Å². The largest absolute Gasteiger partial charge is 0.468 e. The molecule has 8 nitrogen and oxygen atoms in total. The van der Waals surface area contributed by atoms with Crippen LogP contribution in [0.5, 0.6) is 0 Å². The number of aliphatic hydroxyl groups is 4. The van der Waals surface area contributed by atoms with Crippen LogP contribution in [0, 0.1) is 0 Å². The molecule has 1 aliphatic carbocycles. The third-order valence-corrected chi connectivity index (χ3v) is 4.22. The predicted octanol–water partition coefficient (Wildman–Crippen LogP) is -1.31. The Hall–Kier alpha value is -1.78. The monoisotopic (exact) mass is 328 g/mol. The van der Waals surface area contributed by atoms with Crippen LogP contribution in [0.4, 0.5) is 0 Å². The van der Waals surface area contributed by atoms with E-state index in [2.05, 4.69) is 4.74 Å². The molecule has 0 aliphatic heterocycles. The molecule has 0 aromatic heterocycles. The third-order valence-electron chi connectivity index (χ3n) is 3.19. The molecule has 0 atom stereocenters. The van der Waals surface area contributed by atoms with Crippen LogP contribution >= 0.6 is 11.8 Å². The van der Waals surface area contributed by atoms with Gasteiger partial charge in [-0.05, 0) is 6.07 Å². The zero-order chi connectivity index (χ0) is 16.7. The molecular weight excluding hydrogens is 316 g/mol. The van der Waals surface area contributed by atoms with Crippen molar-refractivity contribution in [3.63, 3.8) is 0 Å². The molecule has 1 aromatic rings. The first-order valence-electron chi connectivity index (χ1n) is 5.96. The molecule has 0 unspecified atom stereocenters.